The van der Waals surface area contributed by atoms with Gasteiger partial charge in [0.15, 0.2) is 0 Å². The molecule has 0 radical (unpaired) electrons. The van der Waals surface area contributed by atoms with Crippen molar-refractivity contribution in [2.45, 2.75) is 12.5 Å². The van der Waals surface area contributed by atoms with E-state index in [0.717, 1.165) is 16.5 Å². The number of nitrogens with one attached hydrogen (secondary N) is 2. The fourth-order valence-electron chi connectivity index (χ4n) is 2.20. The fourth-order valence-corrected chi connectivity index (χ4v) is 2.20. The number of hydrogen-bond acceptors (Lipinski definition) is 3. The average molecular weight is 280 g/mol. The molecule has 0 aliphatic heterocycles. The summed E-state index contributed by atoms with van der Waals surface area (Å²) in [7, 11) is 0. The van der Waals surface area contributed by atoms with Crippen molar-refractivity contribution in [3.8, 4) is 0 Å². The third-order valence-electron chi connectivity index (χ3n) is 3.54. The monoisotopic (exact) mass is 280 g/mol. The van der Waals surface area contributed by atoms with Gasteiger partial charge in [-0.25, -0.2) is 0 Å². The van der Waals surface area contributed by atoms with E-state index in [1.807, 2.05) is 48.5 Å². The lowest BCUT2D eigenvalue weighted by Crippen LogP contribution is -2.45. The standard InChI is InChI=1S/C16H16N4O/c1-16(17,12-5-3-2-4-6-12)15(21)19-13-7-8-14-11(9-13)10-18-20-14/h2-10H,17H2,1H3,(H,18,20)(H,19,21). The normalized spacial score (nSPS) is 13.8. The molecule has 0 spiro atoms. The molecule has 0 aliphatic carbocycles. The van der Waals surface area contributed by atoms with Crippen molar-refractivity contribution in [3.63, 3.8) is 0 Å². The van der Waals surface area contributed by atoms with E-state index in [-0.39, 0.29) is 5.91 Å². The maximum Gasteiger partial charge on any atom is 0.248 e. The predicted molar refractivity (Wildman–Crippen MR) is 82.7 cm³/mol. The Hall–Kier alpha value is -2.66. The summed E-state index contributed by atoms with van der Waals surface area (Å²) >= 11 is 0. The molecule has 3 rings (SSSR count). The second-order valence-electron chi connectivity index (χ2n) is 5.19. The van der Waals surface area contributed by atoms with E-state index in [0.29, 0.717) is 5.69 Å². The van der Waals surface area contributed by atoms with Gasteiger partial charge in [0.25, 0.3) is 0 Å². The molecule has 3 aromatic rings. The van der Waals surface area contributed by atoms with Gasteiger partial charge in [0.1, 0.15) is 5.54 Å². The van der Waals surface area contributed by atoms with E-state index in [4.69, 9.17) is 5.73 Å². The van der Waals surface area contributed by atoms with Gasteiger partial charge >= 0.3 is 0 Å². The van der Waals surface area contributed by atoms with Gasteiger partial charge in [0.05, 0.1) is 11.7 Å². The van der Waals surface area contributed by atoms with E-state index in [2.05, 4.69) is 15.5 Å². The molecule has 0 aliphatic rings. The third-order valence-corrected chi connectivity index (χ3v) is 3.54. The number of benzene rings is 2. The largest absolute Gasteiger partial charge is 0.324 e. The molecular formula is C16H16N4O. The molecule has 0 saturated heterocycles. The Kier molecular flexibility index (Phi) is 3.19. The van der Waals surface area contributed by atoms with Crippen molar-refractivity contribution in [2.24, 2.45) is 5.73 Å². The summed E-state index contributed by atoms with van der Waals surface area (Å²) in [5, 5.41) is 10.6. The number of amides is 1. The number of nitrogens with zero attached hydrogens (tertiary/aromatic N) is 1. The van der Waals surface area contributed by atoms with Crippen LogP contribution in [0.1, 0.15) is 12.5 Å². The highest BCUT2D eigenvalue weighted by Crippen LogP contribution is 2.22. The van der Waals surface area contributed by atoms with Crippen molar-refractivity contribution in [1.29, 1.82) is 0 Å². The molecule has 0 fully saturated rings. The van der Waals surface area contributed by atoms with Crippen molar-refractivity contribution in [2.75, 3.05) is 5.32 Å². The SMILES string of the molecule is CC(N)(C(=O)Nc1ccc2[nH]ncc2c1)c1ccccc1. The second-order valence-corrected chi connectivity index (χ2v) is 5.19. The van der Waals surface area contributed by atoms with Crippen LogP contribution < -0.4 is 11.1 Å². The molecule has 1 unspecified atom stereocenters. The fraction of sp³-hybridized carbons (Fsp3) is 0.125. The molecule has 1 aromatic heterocycles. The number of carbonyl (C=O) groups excluding carboxylic acids is 1. The molecule has 5 nitrogen and oxygen atoms in total. The zero-order valence-corrected chi connectivity index (χ0v) is 11.6. The number of H-pyrrole nitrogens is 1. The summed E-state index contributed by atoms with van der Waals surface area (Å²) in [6.07, 6.45) is 1.71. The Labute approximate surface area is 122 Å². The van der Waals surface area contributed by atoms with Gasteiger partial charge in [0.2, 0.25) is 5.91 Å². The van der Waals surface area contributed by atoms with Gasteiger partial charge < -0.3 is 11.1 Å². The Balaban J connectivity index is 1.85. The summed E-state index contributed by atoms with van der Waals surface area (Å²) in [4.78, 5) is 12.4. The van der Waals surface area contributed by atoms with Crippen molar-refractivity contribution in [3.05, 3.63) is 60.3 Å². The number of fused-ring (bicyclic) bond motifs is 1. The van der Waals surface area contributed by atoms with Crippen LogP contribution in [0.2, 0.25) is 0 Å². The summed E-state index contributed by atoms with van der Waals surface area (Å²) in [6.45, 7) is 1.70. The molecule has 1 atom stereocenters. The Bertz CT molecular complexity index is 777. The lowest BCUT2D eigenvalue weighted by molar-refractivity contribution is -0.120. The van der Waals surface area contributed by atoms with E-state index in [1.54, 1.807) is 13.1 Å². The number of anilines is 1. The number of nitrogens with two attached hydrogens (primary N) is 1. The highest BCUT2D eigenvalue weighted by atomic mass is 16.2. The van der Waals surface area contributed by atoms with Crippen LogP contribution in [-0.2, 0) is 10.3 Å². The van der Waals surface area contributed by atoms with Crippen molar-refractivity contribution >= 4 is 22.5 Å². The van der Waals surface area contributed by atoms with Crippen LogP contribution in [-0.4, -0.2) is 16.1 Å². The van der Waals surface area contributed by atoms with Gasteiger partial charge in [-0.2, -0.15) is 5.10 Å². The molecule has 4 N–H and O–H groups in total. The zero-order chi connectivity index (χ0) is 14.9. The van der Waals surface area contributed by atoms with Gasteiger partial charge in [-0.15, -0.1) is 0 Å². The molecule has 0 saturated carbocycles. The molecule has 1 heterocycles. The topological polar surface area (TPSA) is 83.8 Å². The van der Waals surface area contributed by atoms with Crippen LogP contribution in [0.25, 0.3) is 10.9 Å². The van der Waals surface area contributed by atoms with Crippen LogP contribution in [0.3, 0.4) is 0 Å². The number of aromatic amines is 1. The molecule has 21 heavy (non-hydrogen) atoms. The van der Waals surface area contributed by atoms with Crippen LogP contribution in [0, 0.1) is 0 Å². The van der Waals surface area contributed by atoms with Gasteiger partial charge in [-0.1, -0.05) is 30.3 Å². The molecule has 2 aromatic carbocycles. The zero-order valence-electron chi connectivity index (χ0n) is 11.6. The Morgan fingerprint density at radius 2 is 2.00 bits per heavy atom. The minimum Gasteiger partial charge on any atom is -0.324 e. The predicted octanol–water partition coefficient (Wildman–Crippen LogP) is 2.38. The van der Waals surface area contributed by atoms with Crippen molar-refractivity contribution in [1.82, 2.24) is 10.2 Å². The smallest absolute Gasteiger partial charge is 0.248 e. The summed E-state index contributed by atoms with van der Waals surface area (Å²) < 4.78 is 0. The summed E-state index contributed by atoms with van der Waals surface area (Å²) in [5.41, 5.74) is 7.49. The van der Waals surface area contributed by atoms with Crippen LogP contribution >= 0.6 is 0 Å². The molecule has 1 amide bonds. The minimum absolute atomic E-state index is 0.253. The third kappa shape index (κ3) is 2.51. The quantitative estimate of drug-likeness (QED) is 0.688. The molecular weight excluding hydrogens is 264 g/mol. The number of carbonyl (C=O) groups is 1. The maximum atomic E-state index is 12.4. The maximum absolute atomic E-state index is 12.4. The van der Waals surface area contributed by atoms with E-state index < -0.39 is 5.54 Å². The number of hydrogen-bond donors (Lipinski definition) is 3. The molecule has 5 heteroatoms. The number of aromatic nitrogens is 2. The van der Waals surface area contributed by atoms with Gasteiger partial charge in [0, 0.05) is 11.1 Å². The van der Waals surface area contributed by atoms with Gasteiger partial charge in [-0.3, -0.25) is 9.89 Å². The summed E-state index contributed by atoms with van der Waals surface area (Å²) in [5.74, 6) is -0.253. The van der Waals surface area contributed by atoms with Crippen molar-refractivity contribution < 1.29 is 4.79 Å². The Morgan fingerprint density at radius 3 is 2.76 bits per heavy atom. The first-order chi connectivity index (χ1) is 10.1. The minimum atomic E-state index is -1.09. The number of rotatable bonds is 3. The first-order valence-electron chi connectivity index (χ1n) is 6.66. The van der Waals surface area contributed by atoms with E-state index >= 15 is 0 Å². The van der Waals surface area contributed by atoms with Crippen LogP contribution in [0.5, 0.6) is 0 Å². The van der Waals surface area contributed by atoms with E-state index in [9.17, 15) is 4.79 Å². The van der Waals surface area contributed by atoms with Crippen LogP contribution in [0.4, 0.5) is 5.69 Å². The first-order valence-corrected chi connectivity index (χ1v) is 6.66. The second kappa shape index (κ2) is 5.03. The highest BCUT2D eigenvalue weighted by molar-refractivity contribution is 5.99. The molecule has 106 valence electrons. The van der Waals surface area contributed by atoms with Crippen LogP contribution in [0.15, 0.2) is 54.7 Å². The first kappa shape index (κ1) is 13.3. The average Bonchev–Trinajstić information content (AvgIpc) is 2.95. The highest BCUT2D eigenvalue weighted by Gasteiger charge is 2.30. The van der Waals surface area contributed by atoms with E-state index in [1.165, 1.54) is 0 Å². The Morgan fingerprint density at radius 1 is 1.24 bits per heavy atom. The summed E-state index contributed by atoms with van der Waals surface area (Å²) in [6, 6.07) is 14.9. The lowest BCUT2D eigenvalue weighted by Gasteiger charge is -2.24. The molecule has 0 bridgehead atoms. The van der Waals surface area contributed by atoms with Gasteiger partial charge in [-0.05, 0) is 30.7 Å². The lowest BCUT2D eigenvalue weighted by atomic mass is 9.92.